The van der Waals surface area contributed by atoms with E-state index in [4.69, 9.17) is 28.3 Å². The van der Waals surface area contributed by atoms with Crippen LogP contribution in [0.4, 0.5) is 0 Å². The maximum atomic E-state index is 10.5. The van der Waals surface area contributed by atoms with Gasteiger partial charge >= 0.3 is 5.97 Å². The third-order valence-electron chi connectivity index (χ3n) is 1.88. The van der Waals surface area contributed by atoms with Crippen LogP contribution in [0, 0.1) is 6.92 Å². The summed E-state index contributed by atoms with van der Waals surface area (Å²) in [5, 5.41) is 18.6. The lowest BCUT2D eigenvalue weighted by Gasteiger charge is -2.11. The molecule has 0 heterocycles. The van der Waals surface area contributed by atoms with E-state index in [-0.39, 0.29) is 5.56 Å². The Morgan fingerprint density at radius 3 is 2.50 bits per heavy atom. The van der Waals surface area contributed by atoms with Gasteiger partial charge in [-0.2, -0.15) is 0 Å². The molecule has 0 aliphatic rings. The molecule has 0 fully saturated rings. The SMILES string of the molecule is Cc1c(Cl)cc(Cl)cc1[C@@H](O)C(=O)O. The second-order valence-corrected chi connectivity index (χ2v) is 3.69. The Morgan fingerprint density at radius 2 is 2.00 bits per heavy atom. The van der Waals surface area contributed by atoms with E-state index >= 15 is 0 Å². The zero-order valence-electron chi connectivity index (χ0n) is 7.29. The normalized spacial score (nSPS) is 12.6. The minimum Gasteiger partial charge on any atom is -0.479 e. The van der Waals surface area contributed by atoms with E-state index in [1.54, 1.807) is 6.92 Å². The Kier molecular flexibility index (Phi) is 3.37. The van der Waals surface area contributed by atoms with Crippen molar-refractivity contribution in [1.82, 2.24) is 0 Å². The van der Waals surface area contributed by atoms with Gasteiger partial charge in [0, 0.05) is 10.0 Å². The summed E-state index contributed by atoms with van der Waals surface area (Å²) in [4.78, 5) is 10.5. The standard InChI is InChI=1S/C9H8Cl2O3/c1-4-6(8(12)9(13)14)2-5(10)3-7(4)11/h2-3,8,12H,1H3,(H,13,14)/t8-/m1/s1. The summed E-state index contributed by atoms with van der Waals surface area (Å²) in [5.74, 6) is -1.33. The first-order valence-corrected chi connectivity index (χ1v) is 4.55. The van der Waals surface area contributed by atoms with Crippen LogP contribution in [-0.2, 0) is 4.79 Å². The highest BCUT2D eigenvalue weighted by molar-refractivity contribution is 6.35. The van der Waals surface area contributed by atoms with Crippen LogP contribution in [-0.4, -0.2) is 16.2 Å². The van der Waals surface area contributed by atoms with Crippen LogP contribution >= 0.6 is 23.2 Å². The highest BCUT2D eigenvalue weighted by Gasteiger charge is 2.19. The summed E-state index contributed by atoms with van der Waals surface area (Å²) in [7, 11) is 0. The molecule has 0 saturated heterocycles. The molecule has 1 rings (SSSR count). The van der Waals surface area contributed by atoms with E-state index in [1.807, 2.05) is 0 Å². The highest BCUT2D eigenvalue weighted by atomic mass is 35.5. The van der Waals surface area contributed by atoms with Gasteiger partial charge in [-0.15, -0.1) is 0 Å². The van der Waals surface area contributed by atoms with Crippen LogP contribution in [0.3, 0.4) is 0 Å². The number of hydrogen-bond acceptors (Lipinski definition) is 2. The van der Waals surface area contributed by atoms with Crippen molar-refractivity contribution >= 4 is 29.2 Å². The lowest BCUT2D eigenvalue weighted by molar-refractivity contribution is -0.147. The van der Waals surface area contributed by atoms with E-state index < -0.39 is 12.1 Å². The Bertz CT molecular complexity index is 377. The van der Waals surface area contributed by atoms with Crippen LogP contribution in [0.5, 0.6) is 0 Å². The third-order valence-corrected chi connectivity index (χ3v) is 2.49. The van der Waals surface area contributed by atoms with E-state index in [0.717, 1.165) is 0 Å². The average Bonchev–Trinajstić information content (AvgIpc) is 2.09. The van der Waals surface area contributed by atoms with Crippen LogP contribution in [0.2, 0.25) is 10.0 Å². The molecule has 5 heteroatoms. The van der Waals surface area contributed by atoms with Crippen molar-refractivity contribution in [3.63, 3.8) is 0 Å². The molecule has 1 aromatic carbocycles. The van der Waals surface area contributed by atoms with Gasteiger partial charge in [0.1, 0.15) is 0 Å². The van der Waals surface area contributed by atoms with E-state index in [9.17, 15) is 9.90 Å². The molecule has 0 aromatic heterocycles. The lowest BCUT2D eigenvalue weighted by Crippen LogP contribution is -2.12. The molecule has 2 N–H and O–H groups in total. The fourth-order valence-electron chi connectivity index (χ4n) is 1.08. The first kappa shape index (κ1) is 11.3. The second-order valence-electron chi connectivity index (χ2n) is 2.84. The largest absolute Gasteiger partial charge is 0.479 e. The monoisotopic (exact) mass is 234 g/mol. The molecule has 0 radical (unpaired) electrons. The molecule has 0 bridgehead atoms. The van der Waals surface area contributed by atoms with E-state index in [1.165, 1.54) is 12.1 Å². The first-order valence-electron chi connectivity index (χ1n) is 3.80. The van der Waals surface area contributed by atoms with Crippen LogP contribution in [0.25, 0.3) is 0 Å². The molecular formula is C9H8Cl2O3. The topological polar surface area (TPSA) is 57.5 Å². The quantitative estimate of drug-likeness (QED) is 0.827. The van der Waals surface area contributed by atoms with Crippen molar-refractivity contribution in [3.8, 4) is 0 Å². The van der Waals surface area contributed by atoms with Gasteiger partial charge in [0.15, 0.2) is 6.10 Å². The van der Waals surface area contributed by atoms with E-state index in [2.05, 4.69) is 0 Å². The number of aliphatic hydroxyl groups is 1. The highest BCUT2D eigenvalue weighted by Crippen LogP contribution is 2.28. The molecule has 1 atom stereocenters. The summed E-state index contributed by atoms with van der Waals surface area (Å²) in [6, 6.07) is 2.89. The van der Waals surface area contributed by atoms with Gasteiger partial charge in [-0.3, -0.25) is 0 Å². The molecule has 76 valence electrons. The van der Waals surface area contributed by atoms with Crippen molar-refractivity contribution in [1.29, 1.82) is 0 Å². The number of carboxylic acids is 1. The number of halogens is 2. The summed E-state index contributed by atoms with van der Waals surface area (Å²) in [6.07, 6.45) is -1.59. The minimum atomic E-state index is -1.59. The van der Waals surface area contributed by atoms with Gasteiger partial charge < -0.3 is 10.2 Å². The number of aliphatic carboxylic acids is 1. The summed E-state index contributed by atoms with van der Waals surface area (Å²) in [6.45, 7) is 1.63. The van der Waals surface area contributed by atoms with Gasteiger partial charge in [0.05, 0.1) is 0 Å². The Hall–Kier alpha value is -0.770. The predicted octanol–water partition coefficient (Wildman–Crippen LogP) is 2.42. The number of hydrogen-bond donors (Lipinski definition) is 2. The predicted molar refractivity (Wildman–Crippen MR) is 53.8 cm³/mol. The third kappa shape index (κ3) is 2.18. The molecule has 3 nitrogen and oxygen atoms in total. The second kappa shape index (κ2) is 4.17. The van der Waals surface area contributed by atoms with Crippen molar-refractivity contribution in [2.45, 2.75) is 13.0 Å². The van der Waals surface area contributed by atoms with Gasteiger partial charge in [-0.05, 0) is 30.2 Å². The molecule has 0 amide bonds. The van der Waals surface area contributed by atoms with Crippen molar-refractivity contribution in [2.24, 2.45) is 0 Å². The molecule has 0 saturated carbocycles. The van der Waals surface area contributed by atoms with Crippen LogP contribution in [0.15, 0.2) is 12.1 Å². The molecular weight excluding hydrogens is 227 g/mol. The van der Waals surface area contributed by atoms with Crippen molar-refractivity contribution in [3.05, 3.63) is 33.3 Å². The lowest BCUT2D eigenvalue weighted by atomic mass is 10.0. The van der Waals surface area contributed by atoms with Crippen molar-refractivity contribution in [2.75, 3.05) is 0 Å². The number of carboxylic acid groups (broad SMARTS) is 1. The van der Waals surface area contributed by atoms with E-state index in [0.29, 0.717) is 15.6 Å². The molecule has 14 heavy (non-hydrogen) atoms. The molecule has 0 unspecified atom stereocenters. The van der Waals surface area contributed by atoms with Gasteiger partial charge in [0.25, 0.3) is 0 Å². The van der Waals surface area contributed by atoms with Gasteiger partial charge in [-0.1, -0.05) is 23.2 Å². The smallest absolute Gasteiger partial charge is 0.337 e. The number of aliphatic hydroxyl groups excluding tert-OH is 1. The fourth-order valence-corrected chi connectivity index (χ4v) is 1.59. The number of benzene rings is 1. The fraction of sp³-hybridized carbons (Fsp3) is 0.222. The Morgan fingerprint density at radius 1 is 1.43 bits per heavy atom. The zero-order valence-corrected chi connectivity index (χ0v) is 8.80. The molecule has 0 aliphatic carbocycles. The van der Waals surface area contributed by atoms with Crippen LogP contribution in [0.1, 0.15) is 17.2 Å². The first-order chi connectivity index (χ1) is 6.43. The maximum absolute atomic E-state index is 10.5. The van der Waals surface area contributed by atoms with Crippen molar-refractivity contribution < 1.29 is 15.0 Å². The minimum absolute atomic E-state index is 0.218. The molecule has 0 aliphatic heterocycles. The summed E-state index contributed by atoms with van der Waals surface area (Å²) >= 11 is 11.5. The molecule has 0 spiro atoms. The van der Waals surface area contributed by atoms with Gasteiger partial charge in [0.2, 0.25) is 0 Å². The Balaban J connectivity index is 3.26. The summed E-state index contributed by atoms with van der Waals surface area (Å²) in [5.41, 5.74) is 0.737. The average molecular weight is 235 g/mol. The Labute approximate surface area is 90.9 Å². The van der Waals surface area contributed by atoms with Crippen LogP contribution < -0.4 is 0 Å². The molecule has 1 aromatic rings. The maximum Gasteiger partial charge on any atom is 0.337 e. The number of carbonyl (C=O) groups is 1. The number of rotatable bonds is 2. The summed E-state index contributed by atoms with van der Waals surface area (Å²) < 4.78 is 0. The zero-order chi connectivity index (χ0) is 10.9. The van der Waals surface area contributed by atoms with Gasteiger partial charge in [-0.25, -0.2) is 4.79 Å².